The molecule has 1 heterocycles. The van der Waals surface area contributed by atoms with Crippen molar-refractivity contribution < 1.29 is 0 Å². The Bertz CT molecular complexity index is 737. The molecule has 1 aromatic heterocycles. The topological polar surface area (TPSA) is 24.9 Å². The molecule has 0 amide bonds. The van der Waals surface area contributed by atoms with E-state index in [-0.39, 0.29) is 5.41 Å². The van der Waals surface area contributed by atoms with E-state index in [1.54, 1.807) is 0 Å². The van der Waals surface area contributed by atoms with E-state index in [1.165, 1.54) is 21.7 Å². The predicted molar refractivity (Wildman–Crippen MR) is 106 cm³/mol. The van der Waals surface area contributed by atoms with Gasteiger partial charge in [-0.3, -0.25) is 0 Å². The van der Waals surface area contributed by atoms with Crippen molar-refractivity contribution in [1.29, 1.82) is 0 Å². The number of fused-ring (bicyclic) bond motifs is 1. The van der Waals surface area contributed by atoms with Gasteiger partial charge in [0.2, 0.25) is 0 Å². The van der Waals surface area contributed by atoms with Gasteiger partial charge in [0, 0.05) is 10.3 Å². The number of aryl methyl sites for hydroxylation is 1. The van der Waals surface area contributed by atoms with Crippen molar-refractivity contribution in [2.75, 3.05) is 5.32 Å². The maximum atomic E-state index is 4.98. The molecule has 0 saturated heterocycles. The van der Waals surface area contributed by atoms with E-state index in [1.807, 2.05) is 11.3 Å². The largest absolute Gasteiger partial charge is 0.354 e. The van der Waals surface area contributed by atoms with Crippen molar-refractivity contribution in [3.8, 4) is 0 Å². The summed E-state index contributed by atoms with van der Waals surface area (Å²) in [6.07, 6.45) is 6.81. The van der Waals surface area contributed by atoms with Gasteiger partial charge in [0.05, 0.1) is 11.7 Å². The van der Waals surface area contributed by atoms with Crippen LogP contribution in [0.5, 0.6) is 0 Å². The molecule has 1 aliphatic rings. The van der Waals surface area contributed by atoms with Gasteiger partial charge in [-0.15, -0.1) is 11.3 Å². The SMILES string of the molecule is CCCc1sc(NC2c3ccccc3C=CC2C)nc1C(C)(C)C. The summed E-state index contributed by atoms with van der Waals surface area (Å²) >= 11 is 1.83. The first-order chi connectivity index (χ1) is 11.4. The fraction of sp³-hybridized carbons (Fsp3) is 0.476. The molecule has 2 unspecified atom stereocenters. The normalized spacial score (nSPS) is 20.0. The molecule has 128 valence electrons. The van der Waals surface area contributed by atoms with Crippen LogP contribution < -0.4 is 5.32 Å². The van der Waals surface area contributed by atoms with Crippen molar-refractivity contribution in [2.45, 2.75) is 58.9 Å². The maximum absolute atomic E-state index is 4.98. The third kappa shape index (κ3) is 3.41. The van der Waals surface area contributed by atoms with Gasteiger partial charge < -0.3 is 5.32 Å². The molecule has 0 spiro atoms. The lowest BCUT2D eigenvalue weighted by Gasteiger charge is -2.28. The molecule has 1 N–H and O–H groups in total. The number of aromatic nitrogens is 1. The minimum atomic E-state index is 0.0942. The Morgan fingerprint density at radius 1 is 1.21 bits per heavy atom. The molecule has 1 aliphatic carbocycles. The van der Waals surface area contributed by atoms with Crippen LogP contribution in [0, 0.1) is 5.92 Å². The molecule has 1 aromatic carbocycles. The summed E-state index contributed by atoms with van der Waals surface area (Å²) in [6.45, 7) is 11.3. The molecule has 0 aliphatic heterocycles. The van der Waals surface area contributed by atoms with Crippen LogP contribution in [0.1, 0.15) is 68.8 Å². The van der Waals surface area contributed by atoms with Gasteiger partial charge >= 0.3 is 0 Å². The molecule has 2 nitrogen and oxygen atoms in total. The summed E-state index contributed by atoms with van der Waals surface area (Å²) in [7, 11) is 0. The highest BCUT2D eigenvalue weighted by atomic mass is 32.1. The minimum absolute atomic E-state index is 0.0942. The van der Waals surface area contributed by atoms with Crippen LogP contribution in [0.4, 0.5) is 5.13 Å². The quantitative estimate of drug-likeness (QED) is 0.715. The minimum Gasteiger partial charge on any atom is -0.354 e. The number of thiazole rings is 1. The fourth-order valence-corrected chi connectivity index (χ4v) is 4.64. The summed E-state index contributed by atoms with van der Waals surface area (Å²) in [4.78, 5) is 6.42. The summed E-state index contributed by atoms with van der Waals surface area (Å²) in [6, 6.07) is 8.95. The number of hydrogen-bond acceptors (Lipinski definition) is 3. The highest BCUT2D eigenvalue weighted by Crippen LogP contribution is 2.38. The zero-order chi connectivity index (χ0) is 17.3. The Kier molecular flexibility index (Phi) is 4.82. The summed E-state index contributed by atoms with van der Waals surface area (Å²) < 4.78 is 0. The number of nitrogens with zero attached hydrogens (tertiary/aromatic N) is 1. The molecular formula is C21H28N2S. The predicted octanol–water partition coefficient (Wildman–Crippen LogP) is 6.21. The van der Waals surface area contributed by atoms with Gasteiger partial charge in [-0.05, 0) is 23.5 Å². The zero-order valence-electron chi connectivity index (χ0n) is 15.4. The van der Waals surface area contributed by atoms with Crippen LogP contribution in [0.2, 0.25) is 0 Å². The highest BCUT2D eigenvalue weighted by molar-refractivity contribution is 7.15. The second-order valence-electron chi connectivity index (χ2n) is 7.76. The Balaban J connectivity index is 1.92. The maximum Gasteiger partial charge on any atom is 0.183 e. The third-order valence-corrected chi connectivity index (χ3v) is 5.65. The van der Waals surface area contributed by atoms with Gasteiger partial charge in [-0.1, -0.05) is 77.5 Å². The number of nitrogens with one attached hydrogen (secondary N) is 1. The van der Waals surface area contributed by atoms with Crippen molar-refractivity contribution in [3.05, 3.63) is 52.0 Å². The van der Waals surface area contributed by atoms with Gasteiger partial charge in [0.25, 0.3) is 0 Å². The zero-order valence-corrected chi connectivity index (χ0v) is 16.2. The molecular weight excluding hydrogens is 312 g/mol. The summed E-state index contributed by atoms with van der Waals surface area (Å²) in [5.41, 5.74) is 4.03. The highest BCUT2D eigenvalue weighted by Gasteiger charge is 2.27. The van der Waals surface area contributed by atoms with Crippen molar-refractivity contribution >= 4 is 22.5 Å². The van der Waals surface area contributed by atoms with E-state index in [0.717, 1.165) is 18.0 Å². The molecule has 3 heteroatoms. The molecule has 24 heavy (non-hydrogen) atoms. The van der Waals surface area contributed by atoms with E-state index in [2.05, 4.69) is 76.4 Å². The second-order valence-corrected chi connectivity index (χ2v) is 8.84. The third-order valence-electron chi connectivity index (χ3n) is 4.60. The Morgan fingerprint density at radius 3 is 2.67 bits per heavy atom. The summed E-state index contributed by atoms with van der Waals surface area (Å²) in [5.74, 6) is 0.455. The molecule has 3 rings (SSSR count). The van der Waals surface area contributed by atoms with Crippen LogP contribution in [0.15, 0.2) is 30.3 Å². The van der Waals surface area contributed by atoms with Crippen molar-refractivity contribution in [3.63, 3.8) is 0 Å². The van der Waals surface area contributed by atoms with Crippen LogP contribution in [0.3, 0.4) is 0 Å². The molecule has 0 bridgehead atoms. The van der Waals surface area contributed by atoms with E-state index < -0.39 is 0 Å². The Labute approximate surface area is 150 Å². The average Bonchev–Trinajstić information content (AvgIpc) is 2.94. The van der Waals surface area contributed by atoms with Crippen LogP contribution in [-0.2, 0) is 11.8 Å². The lowest BCUT2D eigenvalue weighted by atomic mass is 9.86. The molecule has 2 atom stereocenters. The second kappa shape index (κ2) is 6.72. The Hall–Kier alpha value is -1.61. The van der Waals surface area contributed by atoms with Crippen molar-refractivity contribution in [1.82, 2.24) is 4.98 Å². The number of anilines is 1. The lowest BCUT2D eigenvalue weighted by molar-refractivity contribution is 0.563. The van der Waals surface area contributed by atoms with Gasteiger partial charge in [0.1, 0.15) is 0 Å². The monoisotopic (exact) mass is 340 g/mol. The standard InChI is InChI=1S/C21H28N2S/c1-6-9-17-19(21(3,4)5)23-20(24-17)22-18-14(2)12-13-15-10-7-8-11-16(15)18/h7-8,10-14,18H,6,9H2,1-5H3,(H,22,23). The first-order valence-electron chi connectivity index (χ1n) is 8.94. The van der Waals surface area contributed by atoms with Gasteiger partial charge in [0.15, 0.2) is 5.13 Å². The smallest absolute Gasteiger partial charge is 0.183 e. The van der Waals surface area contributed by atoms with Crippen LogP contribution in [-0.4, -0.2) is 4.98 Å². The van der Waals surface area contributed by atoms with Crippen molar-refractivity contribution in [2.24, 2.45) is 5.92 Å². The molecule has 2 aromatic rings. The van der Waals surface area contributed by atoms with Gasteiger partial charge in [-0.2, -0.15) is 0 Å². The van der Waals surface area contributed by atoms with Gasteiger partial charge in [-0.25, -0.2) is 4.98 Å². The molecule has 0 fully saturated rings. The average molecular weight is 341 g/mol. The van der Waals surface area contributed by atoms with E-state index in [0.29, 0.717) is 12.0 Å². The van der Waals surface area contributed by atoms with E-state index in [9.17, 15) is 0 Å². The number of hydrogen-bond donors (Lipinski definition) is 1. The first kappa shape index (κ1) is 17.2. The molecule has 0 radical (unpaired) electrons. The summed E-state index contributed by atoms with van der Waals surface area (Å²) in [5, 5.41) is 4.79. The van der Waals surface area contributed by atoms with Crippen LogP contribution >= 0.6 is 11.3 Å². The lowest BCUT2D eigenvalue weighted by Crippen LogP contribution is -2.21. The Morgan fingerprint density at radius 2 is 1.96 bits per heavy atom. The van der Waals surface area contributed by atoms with Crippen LogP contribution in [0.25, 0.3) is 6.08 Å². The van der Waals surface area contributed by atoms with E-state index in [4.69, 9.17) is 4.98 Å². The number of rotatable bonds is 4. The number of benzene rings is 1. The van der Waals surface area contributed by atoms with E-state index >= 15 is 0 Å². The fourth-order valence-electron chi connectivity index (χ4n) is 3.33. The molecule has 0 saturated carbocycles. The first-order valence-corrected chi connectivity index (χ1v) is 9.75.